The number of ether oxygens (including phenoxy) is 1. The van der Waals surface area contributed by atoms with Crippen molar-refractivity contribution in [3.63, 3.8) is 0 Å². The zero-order valence-corrected chi connectivity index (χ0v) is 17.8. The number of benzene rings is 2. The third kappa shape index (κ3) is 4.49. The Morgan fingerprint density at radius 3 is 2.48 bits per heavy atom. The van der Waals surface area contributed by atoms with Gasteiger partial charge < -0.3 is 9.64 Å². The van der Waals surface area contributed by atoms with E-state index in [1.165, 1.54) is 23.2 Å². The molecule has 10 heteroatoms. The van der Waals surface area contributed by atoms with Crippen LogP contribution in [0.4, 0.5) is 17.1 Å². The molecule has 0 aliphatic carbocycles. The Labute approximate surface area is 188 Å². The van der Waals surface area contributed by atoms with Gasteiger partial charge in [-0.15, -0.1) is 0 Å². The molecule has 1 aliphatic heterocycles. The average Bonchev–Trinajstić information content (AvgIpc) is 3.09. The predicted octanol–water partition coefficient (Wildman–Crippen LogP) is 3.31. The van der Waals surface area contributed by atoms with Gasteiger partial charge in [0.25, 0.3) is 17.5 Å². The van der Waals surface area contributed by atoms with Crippen molar-refractivity contribution in [2.45, 2.75) is 0 Å². The fraction of sp³-hybridized carbons (Fsp3) is 0.0870. The van der Waals surface area contributed by atoms with Crippen LogP contribution in [0.25, 0.3) is 6.08 Å². The van der Waals surface area contributed by atoms with Crippen LogP contribution in [0.2, 0.25) is 0 Å². The van der Waals surface area contributed by atoms with Gasteiger partial charge in [-0.1, -0.05) is 18.2 Å². The molecular weight excluding hydrogens is 426 g/mol. The first-order valence-electron chi connectivity index (χ1n) is 9.85. The number of aromatic nitrogens is 1. The standard InChI is InChI=1S/C23H19N5O5/c1-26(2)17-9-8-15(20(13-17)33-21-11-10-18(14-24-21)28(31)32)12-19-22(29)25-27(23(19)30)16-6-4-3-5-7-16/h3-14H,1-2H3,(H,25,29). The van der Waals surface area contributed by atoms with Crippen molar-refractivity contribution in [1.82, 2.24) is 10.4 Å². The Morgan fingerprint density at radius 1 is 1.09 bits per heavy atom. The highest BCUT2D eigenvalue weighted by Crippen LogP contribution is 2.32. The maximum atomic E-state index is 12.9. The smallest absolute Gasteiger partial charge is 0.287 e. The molecule has 1 aromatic heterocycles. The van der Waals surface area contributed by atoms with Crippen molar-refractivity contribution in [2.75, 3.05) is 24.0 Å². The van der Waals surface area contributed by atoms with E-state index < -0.39 is 16.7 Å². The van der Waals surface area contributed by atoms with Crippen LogP contribution in [-0.2, 0) is 9.59 Å². The number of nitrogens with zero attached hydrogens (tertiary/aromatic N) is 4. The normalized spacial score (nSPS) is 14.4. The van der Waals surface area contributed by atoms with Crippen LogP contribution < -0.4 is 20.1 Å². The second kappa shape index (κ2) is 8.79. The number of hydrogen-bond acceptors (Lipinski definition) is 7. The maximum Gasteiger partial charge on any atom is 0.287 e. The Bertz CT molecular complexity index is 1260. The summed E-state index contributed by atoms with van der Waals surface area (Å²) in [4.78, 5) is 41.6. The lowest BCUT2D eigenvalue weighted by Gasteiger charge is -2.16. The quantitative estimate of drug-likeness (QED) is 0.268. The van der Waals surface area contributed by atoms with Crippen molar-refractivity contribution in [3.8, 4) is 11.6 Å². The van der Waals surface area contributed by atoms with Gasteiger partial charge >= 0.3 is 0 Å². The second-order valence-corrected chi connectivity index (χ2v) is 7.31. The van der Waals surface area contributed by atoms with Gasteiger partial charge in [0.05, 0.1) is 10.6 Å². The van der Waals surface area contributed by atoms with Gasteiger partial charge in [-0.3, -0.25) is 25.1 Å². The van der Waals surface area contributed by atoms with Crippen molar-refractivity contribution in [2.24, 2.45) is 0 Å². The molecule has 1 fully saturated rings. The number of carbonyl (C=O) groups is 2. The van der Waals surface area contributed by atoms with Crippen LogP contribution >= 0.6 is 0 Å². The number of nitrogens with one attached hydrogen (secondary N) is 1. The van der Waals surface area contributed by atoms with E-state index in [9.17, 15) is 19.7 Å². The first kappa shape index (κ1) is 21.5. The van der Waals surface area contributed by atoms with Gasteiger partial charge in [-0.05, 0) is 30.3 Å². The summed E-state index contributed by atoms with van der Waals surface area (Å²) >= 11 is 0. The largest absolute Gasteiger partial charge is 0.438 e. The number of hydrogen-bond donors (Lipinski definition) is 1. The maximum absolute atomic E-state index is 12.9. The monoisotopic (exact) mass is 445 g/mol. The van der Waals surface area contributed by atoms with Gasteiger partial charge in [0.15, 0.2) is 0 Å². The lowest BCUT2D eigenvalue weighted by atomic mass is 10.1. The summed E-state index contributed by atoms with van der Waals surface area (Å²) in [5, 5.41) is 12.0. The van der Waals surface area contributed by atoms with Gasteiger partial charge in [0.2, 0.25) is 5.88 Å². The molecule has 2 amide bonds. The summed E-state index contributed by atoms with van der Waals surface area (Å²) in [6.07, 6.45) is 2.54. The minimum Gasteiger partial charge on any atom is -0.438 e. The highest BCUT2D eigenvalue weighted by molar-refractivity contribution is 6.31. The molecule has 4 rings (SSSR count). The average molecular weight is 445 g/mol. The molecule has 2 heterocycles. The summed E-state index contributed by atoms with van der Waals surface area (Å²) in [6.45, 7) is 0. The van der Waals surface area contributed by atoms with Crippen molar-refractivity contribution in [3.05, 3.63) is 88.1 Å². The lowest BCUT2D eigenvalue weighted by molar-refractivity contribution is -0.385. The number of hydrazine groups is 1. The minimum absolute atomic E-state index is 0.0574. The molecule has 1 N–H and O–H groups in total. The summed E-state index contributed by atoms with van der Waals surface area (Å²) < 4.78 is 5.87. The van der Waals surface area contributed by atoms with Crippen LogP contribution in [0.1, 0.15) is 5.56 Å². The number of nitro groups is 1. The van der Waals surface area contributed by atoms with Crippen LogP contribution in [0, 0.1) is 10.1 Å². The van der Waals surface area contributed by atoms with E-state index in [0.717, 1.165) is 11.9 Å². The third-order valence-electron chi connectivity index (χ3n) is 4.87. The minimum atomic E-state index is -0.553. The van der Waals surface area contributed by atoms with E-state index in [1.807, 2.05) is 31.1 Å². The number of rotatable bonds is 6. The van der Waals surface area contributed by atoms with E-state index in [4.69, 9.17) is 4.74 Å². The molecule has 0 atom stereocenters. The van der Waals surface area contributed by atoms with E-state index in [0.29, 0.717) is 17.0 Å². The van der Waals surface area contributed by atoms with Crippen LogP contribution in [-0.4, -0.2) is 35.8 Å². The van der Waals surface area contributed by atoms with Gasteiger partial charge in [0, 0.05) is 43.5 Å². The first-order valence-corrected chi connectivity index (χ1v) is 9.85. The molecule has 1 saturated heterocycles. The van der Waals surface area contributed by atoms with Crippen molar-refractivity contribution < 1.29 is 19.2 Å². The molecule has 0 spiro atoms. The number of anilines is 2. The van der Waals surface area contributed by atoms with E-state index >= 15 is 0 Å². The Kier molecular flexibility index (Phi) is 5.73. The van der Waals surface area contributed by atoms with Gasteiger partial charge in [-0.2, -0.15) is 0 Å². The van der Waals surface area contributed by atoms with Crippen molar-refractivity contribution in [1.29, 1.82) is 0 Å². The number of pyridine rings is 1. The molecule has 0 unspecified atom stereocenters. The van der Waals surface area contributed by atoms with Crippen LogP contribution in [0.3, 0.4) is 0 Å². The topological polar surface area (TPSA) is 118 Å². The third-order valence-corrected chi connectivity index (χ3v) is 4.87. The fourth-order valence-electron chi connectivity index (χ4n) is 3.13. The Morgan fingerprint density at radius 2 is 1.85 bits per heavy atom. The van der Waals surface area contributed by atoms with Gasteiger partial charge in [-0.25, -0.2) is 9.99 Å². The number of carbonyl (C=O) groups excluding carboxylic acids is 2. The van der Waals surface area contributed by atoms with Gasteiger partial charge in [0.1, 0.15) is 17.5 Å². The highest BCUT2D eigenvalue weighted by atomic mass is 16.6. The number of para-hydroxylation sites is 1. The fourth-order valence-corrected chi connectivity index (χ4v) is 3.13. The molecular formula is C23H19N5O5. The molecule has 10 nitrogen and oxygen atoms in total. The molecule has 0 saturated carbocycles. The highest BCUT2D eigenvalue weighted by Gasteiger charge is 2.34. The summed E-state index contributed by atoms with van der Waals surface area (Å²) in [7, 11) is 3.71. The molecule has 166 valence electrons. The van der Waals surface area contributed by atoms with Crippen LogP contribution in [0.15, 0.2) is 72.4 Å². The number of amides is 2. The molecule has 1 aliphatic rings. The van der Waals surface area contributed by atoms with E-state index in [-0.39, 0.29) is 17.1 Å². The summed E-state index contributed by atoms with van der Waals surface area (Å²) in [5.74, 6) is -0.583. The summed E-state index contributed by atoms with van der Waals surface area (Å²) in [6, 6.07) is 16.7. The molecule has 0 bridgehead atoms. The molecule has 3 aromatic rings. The Balaban J connectivity index is 1.69. The van der Waals surface area contributed by atoms with E-state index in [2.05, 4.69) is 10.4 Å². The SMILES string of the molecule is CN(C)c1ccc(C=C2C(=O)NN(c3ccccc3)C2=O)c(Oc2ccc([N+](=O)[O-])cn2)c1. The lowest BCUT2D eigenvalue weighted by Crippen LogP contribution is -2.35. The predicted molar refractivity (Wildman–Crippen MR) is 122 cm³/mol. The zero-order valence-electron chi connectivity index (χ0n) is 17.8. The first-order chi connectivity index (χ1) is 15.8. The summed E-state index contributed by atoms with van der Waals surface area (Å²) in [5.41, 5.74) is 4.14. The molecule has 2 aromatic carbocycles. The van der Waals surface area contributed by atoms with E-state index in [1.54, 1.807) is 36.4 Å². The Hall–Kier alpha value is -4.73. The molecule has 33 heavy (non-hydrogen) atoms. The van der Waals surface area contributed by atoms with Crippen molar-refractivity contribution >= 4 is 35.0 Å². The zero-order chi connectivity index (χ0) is 23.5. The van der Waals surface area contributed by atoms with Crippen LogP contribution in [0.5, 0.6) is 11.6 Å². The second-order valence-electron chi connectivity index (χ2n) is 7.31. The molecule has 0 radical (unpaired) electrons.